The van der Waals surface area contributed by atoms with Crippen molar-refractivity contribution in [3.63, 3.8) is 0 Å². The number of aliphatic hydroxyl groups excluding tert-OH is 1. The Labute approximate surface area is 110 Å². The van der Waals surface area contributed by atoms with Crippen molar-refractivity contribution in [1.82, 2.24) is 4.98 Å². The van der Waals surface area contributed by atoms with Crippen molar-refractivity contribution < 1.29 is 17.9 Å². The van der Waals surface area contributed by atoms with E-state index in [1.54, 1.807) is 6.92 Å². The van der Waals surface area contributed by atoms with Gasteiger partial charge >= 0.3 is 0 Å². The fourth-order valence-electron chi connectivity index (χ4n) is 1.54. The van der Waals surface area contributed by atoms with Crippen LogP contribution in [-0.2, 0) is 16.6 Å². The van der Waals surface area contributed by atoms with Gasteiger partial charge in [-0.2, -0.15) is 0 Å². The van der Waals surface area contributed by atoms with Gasteiger partial charge in [0.1, 0.15) is 10.7 Å². The number of hydrogen-bond acceptors (Lipinski definition) is 3. The fourth-order valence-corrected chi connectivity index (χ4v) is 2.60. The number of halogens is 1. The van der Waals surface area contributed by atoms with E-state index in [9.17, 15) is 12.8 Å². The smallest absolute Gasteiger partial charge is 0.263 e. The summed E-state index contributed by atoms with van der Waals surface area (Å²) in [6, 6.07) is 5.40. The van der Waals surface area contributed by atoms with Crippen LogP contribution in [0.15, 0.2) is 35.4 Å². The van der Waals surface area contributed by atoms with E-state index in [0.717, 1.165) is 6.07 Å². The van der Waals surface area contributed by atoms with Crippen LogP contribution in [-0.4, -0.2) is 18.5 Å². The molecular weight excluding hydrogens is 271 g/mol. The molecule has 0 fully saturated rings. The molecule has 0 radical (unpaired) electrons. The first kappa shape index (κ1) is 13.6. The largest absolute Gasteiger partial charge is 0.390 e. The summed E-state index contributed by atoms with van der Waals surface area (Å²) in [5, 5.41) is 8.88. The maximum Gasteiger partial charge on any atom is 0.263 e. The van der Waals surface area contributed by atoms with E-state index in [-0.39, 0.29) is 17.2 Å². The summed E-state index contributed by atoms with van der Waals surface area (Å²) >= 11 is 0. The van der Waals surface area contributed by atoms with Gasteiger partial charge in [0, 0.05) is 11.9 Å². The lowest BCUT2D eigenvalue weighted by Gasteiger charge is -2.07. The second-order valence-electron chi connectivity index (χ2n) is 4.09. The van der Waals surface area contributed by atoms with Crippen molar-refractivity contribution in [2.24, 2.45) is 0 Å². The number of nitrogens with one attached hydrogen (secondary N) is 2. The first-order valence-electron chi connectivity index (χ1n) is 5.49. The second-order valence-corrected chi connectivity index (χ2v) is 5.77. The Kier molecular flexibility index (Phi) is 3.59. The van der Waals surface area contributed by atoms with Gasteiger partial charge in [-0.3, -0.25) is 4.72 Å². The summed E-state index contributed by atoms with van der Waals surface area (Å²) < 4.78 is 39.6. The van der Waals surface area contributed by atoms with Gasteiger partial charge in [0.25, 0.3) is 10.0 Å². The standard InChI is InChI=1S/C12H13FN2O3S/c1-8-2-3-9(5-12(8)13)15-19(17,18)11-4-10(7-16)14-6-11/h2-6,14-16H,7H2,1H3. The van der Waals surface area contributed by atoms with Crippen LogP contribution in [0.2, 0.25) is 0 Å². The van der Waals surface area contributed by atoms with E-state index in [4.69, 9.17) is 5.11 Å². The van der Waals surface area contributed by atoms with Crippen molar-refractivity contribution in [2.75, 3.05) is 4.72 Å². The van der Waals surface area contributed by atoms with Crippen LogP contribution < -0.4 is 4.72 Å². The maximum absolute atomic E-state index is 13.3. The van der Waals surface area contributed by atoms with Gasteiger partial charge in [-0.1, -0.05) is 6.07 Å². The highest BCUT2D eigenvalue weighted by atomic mass is 32.2. The molecule has 0 saturated heterocycles. The van der Waals surface area contributed by atoms with Crippen molar-refractivity contribution in [3.8, 4) is 0 Å². The topological polar surface area (TPSA) is 82.2 Å². The van der Waals surface area contributed by atoms with E-state index in [2.05, 4.69) is 9.71 Å². The number of H-pyrrole nitrogens is 1. The van der Waals surface area contributed by atoms with E-state index < -0.39 is 15.8 Å². The molecule has 2 aromatic rings. The molecular formula is C12H13FN2O3S. The molecule has 1 aromatic heterocycles. The van der Waals surface area contributed by atoms with Gasteiger partial charge in [0.15, 0.2) is 0 Å². The van der Waals surface area contributed by atoms with Gasteiger partial charge in [0.05, 0.1) is 12.3 Å². The van der Waals surface area contributed by atoms with Crippen LogP contribution in [0.5, 0.6) is 0 Å². The summed E-state index contributed by atoms with van der Waals surface area (Å²) in [4.78, 5) is 2.61. The zero-order valence-corrected chi connectivity index (χ0v) is 11.0. The predicted octanol–water partition coefficient (Wildman–Crippen LogP) is 1.76. The number of aliphatic hydroxyl groups is 1. The third kappa shape index (κ3) is 2.94. The van der Waals surface area contributed by atoms with Gasteiger partial charge < -0.3 is 10.1 Å². The number of benzene rings is 1. The third-order valence-electron chi connectivity index (χ3n) is 2.62. The Hall–Kier alpha value is -1.86. The molecule has 0 atom stereocenters. The van der Waals surface area contributed by atoms with Crippen LogP contribution in [0.4, 0.5) is 10.1 Å². The van der Waals surface area contributed by atoms with Crippen LogP contribution in [0.3, 0.4) is 0 Å². The lowest BCUT2D eigenvalue weighted by molar-refractivity contribution is 0.277. The molecule has 0 unspecified atom stereocenters. The molecule has 1 aromatic carbocycles. The Bertz CT molecular complexity index is 695. The summed E-state index contributed by atoms with van der Waals surface area (Å²) in [6.07, 6.45) is 1.26. The highest BCUT2D eigenvalue weighted by Crippen LogP contribution is 2.19. The normalized spacial score (nSPS) is 11.5. The average molecular weight is 284 g/mol. The SMILES string of the molecule is Cc1ccc(NS(=O)(=O)c2c[nH]c(CO)c2)cc1F. The first-order chi connectivity index (χ1) is 8.92. The molecule has 2 rings (SSSR count). The first-order valence-corrected chi connectivity index (χ1v) is 6.98. The van der Waals surface area contributed by atoms with E-state index >= 15 is 0 Å². The summed E-state index contributed by atoms with van der Waals surface area (Å²) in [7, 11) is -3.79. The fraction of sp³-hybridized carbons (Fsp3) is 0.167. The second kappa shape index (κ2) is 5.02. The van der Waals surface area contributed by atoms with Crippen molar-refractivity contribution in [3.05, 3.63) is 47.5 Å². The highest BCUT2D eigenvalue weighted by Gasteiger charge is 2.16. The lowest BCUT2D eigenvalue weighted by atomic mass is 10.2. The molecule has 0 aliphatic heterocycles. The predicted molar refractivity (Wildman–Crippen MR) is 68.7 cm³/mol. The minimum absolute atomic E-state index is 0.0162. The minimum Gasteiger partial charge on any atom is -0.390 e. The minimum atomic E-state index is -3.79. The number of aromatic amines is 1. The van der Waals surface area contributed by atoms with Gasteiger partial charge in [-0.25, -0.2) is 12.8 Å². The van der Waals surface area contributed by atoms with Crippen LogP contribution >= 0.6 is 0 Å². The van der Waals surface area contributed by atoms with Gasteiger partial charge in [-0.05, 0) is 30.7 Å². The summed E-state index contributed by atoms with van der Waals surface area (Å²) in [5.41, 5.74) is 0.970. The van der Waals surface area contributed by atoms with E-state index in [1.165, 1.54) is 24.4 Å². The number of anilines is 1. The van der Waals surface area contributed by atoms with Crippen LogP contribution in [0, 0.1) is 12.7 Å². The van der Waals surface area contributed by atoms with Crippen molar-refractivity contribution in [1.29, 1.82) is 0 Å². The molecule has 7 heteroatoms. The third-order valence-corrected chi connectivity index (χ3v) is 3.98. The molecule has 0 aliphatic rings. The number of aromatic nitrogens is 1. The molecule has 0 aliphatic carbocycles. The van der Waals surface area contributed by atoms with E-state index in [1.807, 2.05) is 0 Å². The Morgan fingerprint density at radius 3 is 2.68 bits per heavy atom. The van der Waals surface area contributed by atoms with Gasteiger partial charge in [0.2, 0.25) is 0 Å². The molecule has 0 bridgehead atoms. The van der Waals surface area contributed by atoms with Crippen LogP contribution in [0.25, 0.3) is 0 Å². The Balaban J connectivity index is 2.28. The Morgan fingerprint density at radius 2 is 2.11 bits per heavy atom. The molecule has 0 saturated carbocycles. The molecule has 5 nitrogen and oxygen atoms in total. The number of rotatable bonds is 4. The molecule has 19 heavy (non-hydrogen) atoms. The molecule has 0 spiro atoms. The van der Waals surface area contributed by atoms with Crippen LogP contribution in [0.1, 0.15) is 11.3 Å². The number of hydrogen-bond donors (Lipinski definition) is 3. The molecule has 0 amide bonds. The number of sulfonamides is 1. The monoisotopic (exact) mass is 284 g/mol. The molecule has 1 heterocycles. The van der Waals surface area contributed by atoms with Crippen molar-refractivity contribution >= 4 is 15.7 Å². The van der Waals surface area contributed by atoms with Crippen molar-refractivity contribution in [2.45, 2.75) is 18.4 Å². The zero-order chi connectivity index (χ0) is 14.0. The number of aryl methyl sites for hydroxylation is 1. The molecule has 102 valence electrons. The average Bonchev–Trinajstić information content (AvgIpc) is 2.83. The van der Waals surface area contributed by atoms with Gasteiger partial charge in [-0.15, -0.1) is 0 Å². The highest BCUT2D eigenvalue weighted by molar-refractivity contribution is 7.92. The lowest BCUT2D eigenvalue weighted by Crippen LogP contribution is -2.12. The maximum atomic E-state index is 13.3. The summed E-state index contributed by atoms with van der Waals surface area (Å²) in [5.74, 6) is -0.481. The zero-order valence-electron chi connectivity index (χ0n) is 10.1. The Morgan fingerprint density at radius 1 is 1.37 bits per heavy atom. The molecule has 3 N–H and O–H groups in total. The quantitative estimate of drug-likeness (QED) is 0.800. The van der Waals surface area contributed by atoms with E-state index in [0.29, 0.717) is 11.3 Å². The summed E-state index contributed by atoms with van der Waals surface area (Å²) in [6.45, 7) is 1.31.